The van der Waals surface area contributed by atoms with E-state index in [0.717, 1.165) is 22.3 Å². The lowest BCUT2D eigenvalue weighted by Gasteiger charge is -2.25. The zero-order valence-electron chi connectivity index (χ0n) is 34.2. The molecular formula is C44H53N5O10. The molecule has 0 unspecified atom stereocenters. The Hall–Kier alpha value is -6.90. The summed E-state index contributed by atoms with van der Waals surface area (Å²) in [5.41, 5.74) is 8.98. The van der Waals surface area contributed by atoms with Crippen molar-refractivity contribution in [3.05, 3.63) is 107 Å². The lowest BCUT2D eigenvalue weighted by atomic mass is 10.0. The summed E-state index contributed by atoms with van der Waals surface area (Å²) in [4.78, 5) is 50.9. The molecule has 0 aromatic heterocycles. The van der Waals surface area contributed by atoms with Crippen molar-refractivity contribution in [1.29, 1.82) is 0 Å². The van der Waals surface area contributed by atoms with Gasteiger partial charge in [0, 0.05) is 12.2 Å². The summed E-state index contributed by atoms with van der Waals surface area (Å²) >= 11 is 0. The summed E-state index contributed by atoms with van der Waals surface area (Å²) in [5, 5.41) is 10.7. The number of hydrogen-bond donors (Lipinski definition) is 5. The number of primary amides is 1. The number of ether oxygens (including phenoxy) is 6. The van der Waals surface area contributed by atoms with Crippen LogP contribution in [0.5, 0.6) is 28.7 Å². The number of alkyl carbamates (subject to hydrolysis) is 1. The molecule has 0 aliphatic carbocycles. The van der Waals surface area contributed by atoms with E-state index in [0.29, 0.717) is 40.9 Å². The number of carbonyl (C=O) groups is 4. The first-order valence-corrected chi connectivity index (χ1v) is 18.9. The van der Waals surface area contributed by atoms with Crippen molar-refractivity contribution in [2.45, 2.75) is 52.0 Å². The number of nitrogens with one attached hydrogen (secondary N) is 4. The van der Waals surface area contributed by atoms with Gasteiger partial charge in [-0.1, -0.05) is 74.5 Å². The summed E-state index contributed by atoms with van der Waals surface area (Å²) in [6, 6.07) is 22.8. The third kappa shape index (κ3) is 13.9. The monoisotopic (exact) mass is 811 g/mol. The fraction of sp³-hybridized carbons (Fsp3) is 0.318. The van der Waals surface area contributed by atoms with Gasteiger partial charge in [0.2, 0.25) is 17.6 Å². The standard InChI is InChI=1S/C44H53N5O10/c1-28(2)39(49-44(53)59-27-30-11-8-7-9-12-30)42(51)48-34(13-10-22-46-43(45)52)41(50)47-33-19-16-31(17-20-33)26-58-36-23-29(18-21-35(36)54-3)14-15-32-24-37(55-4)40(57-6)38(25-32)56-5/h7-9,11-12,14-21,23-25,28,34,39H,10,13,22,26-27H2,1-6H3,(H,47,50)(H,48,51)(H,49,53)(H3,45,46,52)/b15-14-/t34-,39-/m0/s1. The van der Waals surface area contributed by atoms with Crippen molar-refractivity contribution in [3.63, 3.8) is 0 Å². The average Bonchev–Trinajstić information content (AvgIpc) is 3.24. The quantitative estimate of drug-likeness (QED) is 0.0471. The lowest BCUT2D eigenvalue weighted by molar-refractivity contribution is -0.128. The van der Waals surface area contributed by atoms with Crippen molar-refractivity contribution >= 4 is 41.8 Å². The fourth-order valence-corrected chi connectivity index (χ4v) is 5.85. The number of rotatable bonds is 21. The van der Waals surface area contributed by atoms with E-state index in [9.17, 15) is 19.2 Å². The molecule has 0 aliphatic heterocycles. The largest absolute Gasteiger partial charge is 0.493 e. The van der Waals surface area contributed by atoms with Crippen LogP contribution in [0, 0.1) is 5.92 Å². The molecule has 2 atom stereocenters. The number of carbonyl (C=O) groups excluding carboxylic acids is 4. The van der Waals surface area contributed by atoms with Gasteiger partial charge in [0.25, 0.3) is 0 Å². The van der Waals surface area contributed by atoms with Crippen molar-refractivity contribution < 1.29 is 47.6 Å². The van der Waals surface area contributed by atoms with E-state index in [4.69, 9.17) is 34.2 Å². The predicted octanol–water partition coefficient (Wildman–Crippen LogP) is 6.29. The Kier molecular flexibility index (Phi) is 17.3. The molecule has 0 saturated carbocycles. The van der Waals surface area contributed by atoms with Crippen LogP contribution in [0.25, 0.3) is 12.2 Å². The van der Waals surface area contributed by atoms with Crippen LogP contribution in [0.15, 0.2) is 84.9 Å². The third-order valence-electron chi connectivity index (χ3n) is 9.00. The molecular weight excluding hydrogens is 759 g/mol. The van der Waals surface area contributed by atoms with Crippen LogP contribution in [0.3, 0.4) is 0 Å². The number of hydrogen-bond acceptors (Lipinski definition) is 10. The van der Waals surface area contributed by atoms with Crippen LogP contribution in [0.4, 0.5) is 15.3 Å². The molecule has 15 heteroatoms. The highest BCUT2D eigenvalue weighted by Gasteiger charge is 2.29. The molecule has 5 amide bonds. The topological polar surface area (TPSA) is 198 Å². The van der Waals surface area contributed by atoms with E-state index >= 15 is 0 Å². The van der Waals surface area contributed by atoms with Gasteiger partial charge in [-0.2, -0.15) is 0 Å². The molecule has 4 aromatic carbocycles. The van der Waals surface area contributed by atoms with Gasteiger partial charge in [0.1, 0.15) is 25.3 Å². The van der Waals surface area contributed by atoms with Gasteiger partial charge < -0.3 is 55.4 Å². The molecule has 0 radical (unpaired) electrons. The molecule has 0 aliphatic rings. The van der Waals surface area contributed by atoms with Crippen LogP contribution < -0.4 is 50.7 Å². The second kappa shape index (κ2) is 22.7. The SMILES string of the molecule is COc1ccc(/C=C\c2cc(OC)c(OC)c(OC)c2)cc1OCc1ccc(NC(=O)[C@H](CCCNC(N)=O)NC(=O)[C@@H](NC(=O)OCc2ccccc2)C(C)C)cc1. The lowest BCUT2D eigenvalue weighted by Crippen LogP contribution is -2.54. The summed E-state index contributed by atoms with van der Waals surface area (Å²) in [5.74, 6) is 1.28. The maximum atomic E-state index is 13.6. The number of benzene rings is 4. The maximum absolute atomic E-state index is 13.6. The van der Waals surface area contributed by atoms with Crippen LogP contribution in [0.1, 0.15) is 48.9 Å². The zero-order valence-corrected chi connectivity index (χ0v) is 34.2. The van der Waals surface area contributed by atoms with Crippen molar-refractivity contribution in [2.75, 3.05) is 40.3 Å². The van der Waals surface area contributed by atoms with Gasteiger partial charge in [-0.15, -0.1) is 0 Å². The second-order valence-corrected chi connectivity index (χ2v) is 13.6. The number of urea groups is 1. The first kappa shape index (κ1) is 44.8. The smallest absolute Gasteiger partial charge is 0.408 e. The Morgan fingerprint density at radius 1 is 0.678 bits per heavy atom. The first-order chi connectivity index (χ1) is 28.4. The highest BCUT2D eigenvalue weighted by atomic mass is 16.5. The summed E-state index contributed by atoms with van der Waals surface area (Å²) in [6.45, 7) is 3.96. The Labute approximate surface area is 344 Å². The molecule has 314 valence electrons. The minimum atomic E-state index is -1.01. The van der Waals surface area contributed by atoms with Gasteiger partial charge in [0.05, 0.1) is 28.4 Å². The minimum Gasteiger partial charge on any atom is -0.493 e. The van der Waals surface area contributed by atoms with E-state index in [-0.39, 0.29) is 32.1 Å². The van der Waals surface area contributed by atoms with Crippen molar-refractivity contribution in [1.82, 2.24) is 16.0 Å². The normalized spacial score (nSPS) is 11.8. The zero-order chi connectivity index (χ0) is 42.7. The molecule has 0 saturated heterocycles. The first-order valence-electron chi connectivity index (χ1n) is 18.9. The van der Waals surface area contributed by atoms with Gasteiger partial charge in [-0.05, 0) is 77.4 Å². The number of anilines is 1. The third-order valence-corrected chi connectivity index (χ3v) is 9.00. The van der Waals surface area contributed by atoms with Crippen molar-refractivity contribution in [3.8, 4) is 28.7 Å². The number of methoxy groups -OCH3 is 4. The van der Waals surface area contributed by atoms with Gasteiger partial charge in [-0.3, -0.25) is 9.59 Å². The molecule has 0 heterocycles. The molecule has 4 aromatic rings. The Morgan fingerprint density at radius 2 is 1.31 bits per heavy atom. The van der Waals surface area contributed by atoms with E-state index in [2.05, 4.69) is 21.3 Å². The minimum absolute atomic E-state index is 0.0279. The van der Waals surface area contributed by atoms with Crippen LogP contribution in [-0.2, 0) is 27.5 Å². The van der Waals surface area contributed by atoms with Gasteiger partial charge in [0.15, 0.2) is 23.0 Å². The molecule has 0 bridgehead atoms. The average molecular weight is 812 g/mol. The van der Waals surface area contributed by atoms with E-state index in [1.807, 2.05) is 72.8 Å². The van der Waals surface area contributed by atoms with E-state index < -0.39 is 36.0 Å². The molecule has 0 spiro atoms. The predicted molar refractivity (Wildman–Crippen MR) is 225 cm³/mol. The fourth-order valence-electron chi connectivity index (χ4n) is 5.85. The molecule has 59 heavy (non-hydrogen) atoms. The van der Waals surface area contributed by atoms with E-state index in [1.54, 1.807) is 66.6 Å². The van der Waals surface area contributed by atoms with E-state index in [1.165, 1.54) is 0 Å². The molecule has 0 fully saturated rings. The van der Waals surface area contributed by atoms with Crippen LogP contribution >= 0.6 is 0 Å². The highest BCUT2D eigenvalue weighted by molar-refractivity contribution is 5.98. The number of amides is 5. The summed E-state index contributed by atoms with van der Waals surface area (Å²) in [7, 11) is 6.25. The van der Waals surface area contributed by atoms with Crippen LogP contribution in [-0.4, -0.2) is 71.0 Å². The molecule has 6 N–H and O–H groups in total. The second-order valence-electron chi connectivity index (χ2n) is 13.6. The Balaban J connectivity index is 1.39. The van der Waals surface area contributed by atoms with Crippen LogP contribution in [0.2, 0.25) is 0 Å². The highest BCUT2D eigenvalue weighted by Crippen LogP contribution is 2.39. The van der Waals surface area contributed by atoms with Crippen molar-refractivity contribution in [2.24, 2.45) is 11.7 Å². The van der Waals surface area contributed by atoms with Gasteiger partial charge in [-0.25, -0.2) is 9.59 Å². The number of nitrogens with two attached hydrogens (primary N) is 1. The van der Waals surface area contributed by atoms with Gasteiger partial charge >= 0.3 is 12.1 Å². The molecule has 4 rings (SSSR count). The summed E-state index contributed by atoms with van der Waals surface area (Å²) in [6.07, 6.45) is 3.58. The summed E-state index contributed by atoms with van der Waals surface area (Å²) < 4.78 is 33.4. The Bertz CT molecular complexity index is 2010. The maximum Gasteiger partial charge on any atom is 0.408 e. The molecule has 15 nitrogen and oxygen atoms in total. The Morgan fingerprint density at radius 3 is 1.92 bits per heavy atom.